The third-order valence-electron chi connectivity index (χ3n) is 4.88. The van der Waals surface area contributed by atoms with Crippen molar-refractivity contribution < 1.29 is 18.7 Å². The lowest BCUT2D eigenvalue weighted by atomic mass is 10.1. The van der Waals surface area contributed by atoms with Crippen molar-refractivity contribution in [2.75, 3.05) is 12.0 Å². The van der Waals surface area contributed by atoms with Gasteiger partial charge in [0.25, 0.3) is 5.91 Å². The van der Waals surface area contributed by atoms with Crippen LogP contribution >= 0.6 is 39.9 Å². The van der Waals surface area contributed by atoms with E-state index in [0.29, 0.717) is 42.0 Å². The lowest BCUT2D eigenvalue weighted by molar-refractivity contribution is -0.113. The fourth-order valence-electron chi connectivity index (χ4n) is 3.25. The number of amides is 1. The molecule has 0 atom stereocenters. The van der Waals surface area contributed by atoms with Crippen molar-refractivity contribution in [2.24, 2.45) is 0 Å². The van der Waals surface area contributed by atoms with Crippen LogP contribution in [0.4, 0.5) is 10.1 Å². The number of anilines is 1. The summed E-state index contributed by atoms with van der Waals surface area (Å²) in [5, 5.41) is 8.93. The summed E-state index contributed by atoms with van der Waals surface area (Å²) in [5.74, 6) is 0.226. The first kappa shape index (κ1) is 24.0. The van der Waals surface area contributed by atoms with Gasteiger partial charge in [-0.05, 0) is 75.6 Å². The Kier molecular flexibility index (Phi) is 7.32. The maximum Gasteiger partial charge on any atom is 0.270 e. The molecule has 1 amide bonds. The average Bonchev–Trinajstić information content (AvgIpc) is 3.10. The zero-order valence-corrected chi connectivity index (χ0v) is 21.0. The van der Waals surface area contributed by atoms with Crippen molar-refractivity contribution >= 4 is 61.9 Å². The molecule has 0 aliphatic carbocycles. The Labute approximate surface area is 213 Å². The van der Waals surface area contributed by atoms with Gasteiger partial charge in [0.15, 0.2) is 15.8 Å². The minimum Gasteiger partial charge on any atom is -0.493 e. The molecule has 34 heavy (non-hydrogen) atoms. The number of nitriles is 1. The number of carbonyl (C=O) groups is 1. The molecule has 1 fully saturated rings. The third kappa shape index (κ3) is 5.14. The van der Waals surface area contributed by atoms with Crippen molar-refractivity contribution in [3.63, 3.8) is 0 Å². The molecule has 0 aromatic heterocycles. The first-order valence-corrected chi connectivity index (χ1v) is 11.9. The number of halogens is 2. The molecule has 0 radical (unpaired) electrons. The summed E-state index contributed by atoms with van der Waals surface area (Å²) in [4.78, 5) is 14.7. The van der Waals surface area contributed by atoms with Gasteiger partial charge in [0.2, 0.25) is 0 Å². The van der Waals surface area contributed by atoms with E-state index in [1.54, 1.807) is 30.3 Å². The highest BCUT2D eigenvalue weighted by Gasteiger charge is 2.33. The molecule has 1 aliphatic rings. The SMILES string of the molecule is COc1cc(/C=C2\SC(=S)N(c3cccc(F)c3)C2=O)cc(Br)c1OCc1ccc(C#N)cc1. The van der Waals surface area contributed by atoms with Gasteiger partial charge in [0.05, 0.1) is 33.8 Å². The number of thioether (sulfide) groups is 1. The predicted octanol–water partition coefficient (Wildman–Crippen LogP) is 6.45. The van der Waals surface area contributed by atoms with Gasteiger partial charge in [-0.2, -0.15) is 5.26 Å². The number of hydrogen-bond donors (Lipinski definition) is 0. The van der Waals surface area contributed by atoms with Gasteiger partial charge in [-0.25, -0.2) is 4.39 Å². The van der Waals surface area contributed by atoms with Crippen molar-refractivity contribution in [2.45, 2.75) is 6.61 Å². The van der Waals surface area contributed by atoms with Gasteiger partial charge in [-0.3, -0.25) is 9.69 Å². The molecule has 5 nitrogen and oxygen atoms in total. The highest BCUT2D eigenvalue weighted by Crippen LogP contribution is 2.40. The Morgan fingerprint density at radius 2 is 1.97 bits per heavy atom. The molecule has 9 heteroatoms. The minimum absolute atomic E-state index is 0.284. The molecule has 0 unspecified atom stereocenters. The summed E-state index contributed by atoms with van der Waals surface area (Å²) >= 11 is 10.0. The smallest absolute Gasteiger partial charge is 0.270 e. The van der Waals surface area contributed by atoms with E-state index < -0.39 is 5.82 Å². The van der Waals surface area contributed by atoms with Crippen molar-refractivity contribution in [1.82, 2.24) is 0 Å². The monoisotopic (exact) mass is 554 g/mol. The van der Waals surface area contributed by atoms with E-state index in [4.69, 9.17) is 27.0 Å². The van der Waals surface area contributed by atoms with E-state index in [0.717, 1.165) is 17.3 Å². The summed E-state index contributed by atoms with van der Waals surface area (Å²) < 4.78 is 26.1. The number of ether oxygens (including phenoxy) is 2. The van der Waals surface area contributed by atoms with E-state index in [-0.39, 0.29) is 12.5 Å². The Bertz CT molecular complexity index is 1350. The summed E-state index contributed by atoms with van der Waals surface area (Å²) in [6, 6.07) is 18.5. The quantitative estimate of drug-likeness (QED) is 0.257. The molecule has 0 N–H and O–H groups in total. The van der Waals surface area contributed by atoms with Crippen LogP contribution in [0.15, 0.2) is 70.0 Å². The number of rotatable bonds is 6. The highest BCUT2D eigenvalue weighted by atomic mass is 79.9. The van der Waals surface area contributed by atoms with Crippen LogP contribution < -0.4 is 14.4 Å². The lowest BCUT2D eigenvalue weighted by Gasteiger charge is -2.14. The normalized spacial score (nSPS) is 14.4. The lowest BCUT2D eigenvalue weighted by Crippen LogP contribution is -2.27. The maximum absolute atomic E-state index is 13.6. The zero-order valence-electron chi connectivity index (χ0n) is 17.7. The predicted molar refractivity (Wildman–Crippen MR) is 138 cm³/mol. The molecule has 1 aliphatic heterocycles. The standard InChI is InChI=1S/C25H16BrFN2O3S2/c1-31-21-10-17(9-20(26)23(21)32-14-16-7-5-15(13-28)6-8-16)11-22-24(30)29(25(33)34-22)19-4-2-3-18(27)12-19/h2-12H,14H2,1H3/b22-11-. The molecule has 1 heterocycles. The average molecular weight is 555 g/mol. The van der Waals surface area contributed by atoms with E-state index in [2.05, 4.69) is 22.0 Å². The first-order chi connectivity index (χ1) is 16.4. The van der Waals surface area contributed by atoms with Crippen molar-refractivity contribution in [3.8, 4) is 17.6 Å². The van der Waals surface area contributed by atoms with Crippen molar-refractivity contribution in [1.29, 1.82) is 5.26 Å². The van der Waals surface area contributed by atoms with Crippen LogP contribution in [0.25, 0.3) is 6.08 Å². The highest BCUT2D eigenvalue weighted by molar-refractivity contribution is 9.10. The molecule has 3 aromatic carbocycles. The van der Waals surface area contributed by atoms with E-state index >= 15 is 0 Å². The van der Waals surface area contributed by atoms with Gasteiger partial charge in [-0.1, -0.05) is 42.2 Å². The summed E-state index contributed by atoms with van der Waals surface area (Å²) in [7, 11) is 1.53. The number of thiocarbonyl (C=S) groups is 1. The molecule has 0 bridgehead atoms. The van der Waals surface area contributed by atoms with E-state index in [9.17, 15) is 9.18 Å². The molecule has 4 rings (SSSR count). The second kappa shape index (κ2) is 10.4. The van der Waals surface area contributed by atoms with E-state index in [1.165, 1.54) is 30.2 Å². The molecule has 3 aromatic rings. The molecule has 0 spiro atoms. The van der Waals surface area contributed by atoms with Crippen molar-refractivity contribution in [3.05, 3.63) is 92.5 Å². The fraction of sp³-hybridized carbons (Fsp3) is 0.0800. The largest absolute Gasteiger partial charge is 0.493 e. The molecular formula is C25H16BrFN2O3S2. The second-order valence-corrected chi connectivity index (χ2v) is 9.66. The molecule has 170 valence electrons. The van der Waals surface area contributed by atoms with E-state index in [1.807, 2.05) is 18.2 Å². The number of nitrogens with zero attached hydrogens (tertiary/aromatic N) is 2. The van der Waals surface area contributed by atoms with Crippen LogP contribution in [0.2, 0.25) is 0 Å². The number of carbonyl (C=O) groups excluding carboxylic acids is 1. The summed E-state index contributed by atoms with van der Waals surface area (Å²) in [6.45, 7) is 0.284. The Morgan fingerprint density at radius 3 is 2.65 bits per heavy atom. The van der Waals surface area contributed by atoms with Gasteiger partial charge in [0.1, 0.15) is 12.4 Å². The molecule has 1 saturated heterocycles. The Morgan fingerprint density at radius 1 is 1.21 bits per heavy atom. The minimum atomic E-state index is -0.444. The summed E-state index contributed by atoms with van der Waals surface area (Å²) in [6.07, 6.45) is 1.70. The van der Waals surface area contributed by atoms with Gasteiger partial charge < -0.3 is 9.47 Å². The Balaban J connectivity index is 1.56. The number of benzene rings is 3. The van der Waals surface area contributed by atoms with Crippen LogP contribution in [-0.2, 0) is 11.4 Å². The maximum atomic E-state index is 13.6. The summed E-state index contributed by atoms with van der Waals surface area (Å²) in [5.41, 5.74) is 2.57. The van der Waals surface area contributed by atoms with Gasteiger partial charge in [0, 0.05) is 0 Å². The van der Waals surface area contributed by atoms with Crippen LogP contribution in [-0.4, -0.2) is 17.3 Å². The van der Waals surface area contributed by atoms with Crippen LogP contribution in [0, 0.1) is 17.1 Å². The Hall–Kier alpha value is -3.19. The number of hydrogen-bond acceptors (Lipinski definition) is 6. The van der Waals surface area contributed by atoms with Gasteiger partial charge in [-0.15, -0.1) is 0 Å². The van der Waals surface area contributed by atoms with Crippen LogP contribution in [0.3, 0.4) is 0 Å². The van der Waals surface area contributed by atoms with Crippen LogP contribution in [0.5, 0.6) is 11.5 Å². The topological polar surface area (TPSA) is 62.6 Å². The second-order valence-electron chi connectivity index (χ2n) is 7.13. The fourth-order valence-corrected chi connectivity index (χ4v) is 5.12. The zero-order chi connectivity index (χ0) is 24.2. The van der Waals surface area contributed by atoms with Crippen LogP contribution in [0.1, 0.15) is 16.7 Å². The molecule has 0 saturated carbocycles. The first-order valence-electron chi connectivity index (χ1n) is 9.92. The molecular weight excluding hydrogens is 539 g/mol. The third-order valence-corrected chi connectivity index (χ3v) is 6.77. The number of methoxy groups -OCH3 is 1. The van der Waals surface area contributed by atoms with Gasteiger partial charge >= 0.3 is 0 Å².